The number of aromatic hydroxyl groups is 2. The van der Waals surface area contributed by atoms with E-state index < -0.39 is 17.5 Å². The minimum atomic E-state index is -0.662. The first kappa shape index (κ1) is 13.8. The highest BCUT2D eigenvalue weighted by atomic mass is 16.3. The van der Waals surface area contributed by atoms with Gasteiger partial charge >= 0.3 is 0 Å². The Morgan fingerprint density at radius 3 is 2.55 bits per heavy atom. The van der Waals surface area contributed by atoms with Crippen molar-refractivity contribution in [3.8, 4) is 11.6 Å². The molecule has 2 aromatic rings. The molecule has 1 amide bonds. The van der Waals surface area contributed by atoms with Crippen molar-refractivity contribution >= 4 is 5.91 Å². The summed E-state index contributed by atoms with van der Waals surface area (Å²) in [7, 11) is 0. The zero-order chi connectivity index (χ0) is 14.5. The van der Waals surface area contributed by atoms with Crippen LogP contribution in [-0.4, -0.2) is 26.1 Å². The molecule has 7 heteroatoms. The van der Waals surface area contributed by atoms with Crippen LogP contribution >= 0.6 is 0 Å². The highest BCUT2D eigenvalue weighted by molar-refractivity contribution is 5.95. The van der Waals surface area contributed by atoms with Crippen LogP contribution in [0.3, 0.4) is 0 Å². The lowest BCUT2D eigenvalue weighted by Crippen LogP contribution is -2.24. The molecule has 1 aromatic heterocycles. The van der Waals surface area contributed by atoms with Gasteiger partial charge in [-0.05, 0) is 5.56 Å². The molecule has 7 nitrogen and oxygen atoms in total. The van der Waals surface area contributed by atoms with E-state index in [2.05, 4.69) is 15.3 Å². The molecule has 0 bridgehead atoms. The predicted molar refractivity (Wildman–Crippen MR) is 70.9 cm³/mol. The first-order chi connectivity index (χ1) is 9.61. The van der Waals surface area contributed by atoms with Crippen LogP contribution in [0.1, 0.15) is 21.9 Å². The van der Waals surface area contributed by atoms with Gasteiger partial charge in [0.15, 0.2) is 5.69 Å². The van der Waals surface area contributed by atoms with E-state index in [9.17, 15) is 15.0 Å². The highest BCUT2D eigenvalue weighted by Crippen LogP contribution is 2.24. The molecule has 20 heavy (non-hydrogen) atoms. The molecular formula is C13H14N4O3. The average molecular weight is 274 g/mol. The van der Waals surface area contributed by atoms with E-state index in [0.717, 1.165) is 5.56 Å². The zero-order valence-electron chi connectivity index (χ0n) is 10.6. The Hall–Kier alpha value is -2.67. The van der Waals surface area contributed by atoms with Crippen molar-refractivity contribution in [2.45, 2.75) is 13.1 Å². The summed E-state index contributed by atoms with van der Waals surface area (Å²) in [6, 6.07) is 9.27. The maximum absolute atomic E-state index is 11.9. The molecule has 0 radical (unpaired) electrons. The SMILES string of the molecule is NCc1nc(O)c(O)c(C(=O)NCc2ccccc2)n1. The van der Waals surface area contributed by atoms with Crippen LogP contribution in [0, 0.1) is 0 Å². The van der Waals surface area contributed by atoms with Gasteiger partial charge in [-0.2, -0.15) is 4.98 Å². The Labute approximate surface area is 115 Å². The molecule has 0 atom stereocenters. The van der Waals surface area contributed by atoms with E-state index >= 15 is 0 Å². The van der Waals surface area contributed by atoms with Gasteiger partial charge in [-0.3, -0.25) is 4.79 Å². The minimum absolute atomic E-state index is 0.0488. The van der Waals surface area contributed by atoms with Crippen LogP contribution in [0.5, 0.6) is 11.6 Å². The summed E-state index contributed by atoms with van der Waals surface area (Å²) in [5.74, 6) is -1.86. The summed E-state index contributed by atoms with van der Waals surface area (Å²) in [6.45, 7) is 0.231. The van der Waals surface area contributed by atoms with Crippen molar-refractivity contribution in [3.63, 3.8) is 0 Å². The monoisotopic (exact) mass is 274 g/mol. The molecule has 0 saturated heterocycles. The van der Waals surface area contributed by atoms with E-state index in [0.29, 0.717) is 0 Å². The van der Waals surface area contributed by atoms with Crippen molar-refractivity contribution in [1.29, 1.82) is 0 Å². The average Bonchev–Trinajstić information content (AvgIpc) is 2.48. The van der Waals surface area contributed by atoms with Gasteiger partial charge in [0, 0.05) is 6.54 Å². The Morgan fingerprint density at radius 1 is 1.20 bits per heavy atom. The molecule has 0 fully saturated rings. The predicted octanol–water partition coefficient (Wildman–Crippen LogP) is 0.276. The van der Waals surface area contributed by atoms with Gasteiger partial charge in [0.2, 0.25) is 5.75 Å². The van der Waals surface area contributed by atoms with E-state index in [-0.39, 0.29) is 24.6 Å². The second-order valence-corrected chi connectivity index (χ2v) is 4.03. The molecule has 0 aliphatic carbocycles. The third-order valence-electron chi connectivity index (χ3n) is 2.61. The summed E-state index contributed by atoms with van der Waals surface area (Å²) in [4.78, 5) is 19.3. The molecule has 104 valence electrons. The number of nitrogens with two attached hydrogens (primary N) is 1. The van der Waals surface area contributed by atoms with Crippen molar-refractivity contribution in [2.24, 2.45) is 5.73 Å². The summed E-state index contributed by atoms with van der Waals surface area (Å²) in [5.41, 5.74) is 5.96. The van der Waals surface area contributed by atoms with Gasteiger partial charge in [0.1, 0.15) is 5.82 Å². The number of nitrogens with one attached hydrogen (secondary N) is 1. The third-order valence-corrected chi connectivity index (χ3v) is 2.61. The fourth-order valence-electron chi connectivity index (χ4n) is 1.60. The van der Waals surface area contributed by atoms with Crippen LogP contribution in [0.15, 0.2) is 30.3 Å². The quantitative estimate of drug-likeness (QED) is 0.635. The molecular weight excluding hydrogens is 260 g/mol. The number of hydrogen-bond acceptors (Lipinski definition) is 6. The lowest BCUT2D eigenvalue weighted by molar-refractivity contribution is 0.0941. The molecule has 1 heterocycles. The molecule has 0 spiro atoms. The molecule has 5 N–H and O–H groups in total. The second kappa shape index (κ2) is 5.98. The normalized spacial score (nSPS) is 10.2. The van der Waals surface area contributed by atoms with E-state index in [1.54, 1.807) is 0 Å². The number of benzene rings is 1. The lowest BCUT2D eigenvalue weighted by Gasteiger charge is -2.08. The number of rotatable bonds is 4. The first-order valence-electron chi connectivity index (χ1n) is 5.93. The molecule has 2 rings (SSSR count). The Kier molecular flexibility index (Phi) is 4.11. The first-order valence-corrected chi connectivity index (χ1v) is 5.93. The Morgan fingerprint density at radius 2 is 1.90 bits per heavy atom. The summed E-state index contributed by atoms with van der Waals surface area (Å²) in [6.07, 6.45) is 0. The molecule has 0 unspecified atom stereocenters. The van der Waals surface area contributed by atoms with Gasteiger partial charge in [-0.25, -0.2) is 4.98 Å². The van der Waals surface area contributed by atoms with Crippen molar-refractivity contribution in [1.82, 2.24) is 15.3 Å². The lowest BCUT2D eigenvalue weighted by atomic mass is 10.2. The van der Waals surface area contributed by atoms with Crippen LogP contribution in [0.2, 0.25) is 0 Å². The van der Waals surface area contributed by atoms with E-state index in [1.807, 2.05) is 30.3 Å². The smallest absolute Gasteiger partial charge is 0.274 e. The third kappa shape index (κ3) is 3.01. The van der Waals surface area contributed by atoms with Crippen LogP contribution < -0.4 is 11.1 Å². The van der Waals surface area contributed by atoms with Gasteiger partial charge in [-0.15, -0.1) is 0 Å². The molecule has 0 saturated carbocycles. The Bertz CT molecular complexity index is 617. The van der Waals surface area contributed by atoms with Crippen molar-refractivity contribution in [3.05, 3.63) is 47.4 Å². The van der Waals surface area contributed by atoms with E-state index in [4.69, 9.17) is 5.73 Å². The van der Waals surface area contributed by atoms with Crippen LogP contribution in [0.25, 0.3) is 0 Å². The maximum Gasteiger partial charge on any atom is 0.274 e. The number of nitrogens with zero attached hydrogens (tertiary/aromatic N) is 2. The summed E-state index contributed by atoms with van der Waals surface area (Å²) < 4.78 is 0. The van der Waals surface area contributed by atoms with Crippen molar-refractivity contribution < 1.29 is 15.0 Å². The number of carbonyl (C=O) groups is 1. The Balaban J connectivity index is 2.15. The fraction of sp³-hybridized carbons (Fsp3) is 0.154. The zero-order valence-corrected chi connectivity index (χ0v) is 10.6. The maximum atomic E-state index is 11.9. The highest BCUT2D eigenvalue weighted by Gasteiger charge is 2.18. The van der Waals surface area contributed by atoms with Gasteiger partial charge < -0.3 is 21.3 Å². The summed E-state index contributed by atoms with van der Waals surface area (Å²) in [5, 5.41) is 21.6. The standard InChI is InChI=1S/C13H14N4O3/c14-6-9-16-10(11(18)13(20)17-9)12(19)15-7-8-4-2-1-3-5-8/h1-5,18H,6-7,14H2,(H,15,19)(H,16,17,20). The fourth-order valence-corrected chi connectivity index (χ4v) is 1.60. The van der Waals surface area contributed by atoms with Gasteiger partial charge in [0.25, 0.3) is 11.8 Å². The van der Waals surface area contributed by atoms with Crippen LogP contribution in [-0.2, 0) is 13.1 Å². The van der Waals surface area contributed by atoms with Crippen LogP contribution in [0.4, 0.5) is 0 Å². The minimum Gasteiger partial charge on any atom is -0.501 e. The largest absolute Gasteiger partial charge is 0.501 e. The number of hydrogen-bond donors (Lipinski definition) is 4. The number of aromatic nitrogens is 2. The van der Waals surface area contributed by atoms with Crippen molar-refractivity contribution in [2.75, 3.05) is 0 Å². The summed E-state index contributed by atoms with van der Waals surface area (Å²) >= 11 is 0. The molecule has 0 aliphatic rings. The number of carbonyl (C=O) groups excluding carboxylic acids is 1. The molecule has 1 aromatic carbocycles. The van der Waals surface area contributed by atoms with Gasteiger partial charge in [-0.1, -0.05) is 30.3 Å². The number of amides is 1. The van der Waals surface area contributed by atoms with E-state index in [1.165, 1.54) is 0 Å². The van der Waals surface area contributed by atoms with Gasteiger partial charge in [0.05, 0.1) is 6.54 Å². The topological polar surface area (TPSA) is 121 Å². The molecule has 0 aliphatic heterocycles. The second-order valence-electron chi connectivity index (χ2n) is 4.03.